The summed E-state index contributed by atoms with van der Waals surface area (Å²) in [5.41, 5.74) is 0.674. The summed E-state index contributed by atoms with van der Waals surface area (Å²) in [6.45, 7) is 8.24. The van der Waals surface area contributed by atoms with E-state index in [0.29, 0.717) is 0 Å². The molecular weight excluding hydrogens is 272 g/mol. The smallest absolute Gasteiger partial charge is 0.0893 e. The second kappa shape index (κ2) is 7.61. The van der Waals surface area contributed by atoms with E-state index in [-0.39, 0.29) is 4.08 Å². The molecule has 0 heterocycles. The van der Waals surface area contributed by atoms with Crippen molar-refractivity contribution in [3.05, 3.63) is 35.9 Å². The van der Waals surface area contributed by atoms with E-state index < -0.39 is 5.60 Å². The third-order valence-electron chi connectivity index (χ3n) is 3.27. The molecule has 0 aromatic heterocycles. The molecule has 0 saturated heterocycles. The van der Waals surface area contributed by atoms with Gasteiger partial charge >= 0.3 is 0 Å². The normalized spacial score (nSPS) is 12.7. The van der Waals surface area contributed by atoms with Crippen molar-refractivity contribution < 1.29 is 5.11 Å². The zero-order valence-electron chi connectivity index (χ0n) is 12.5. The van der Waals surface area contributed by atoms with Gasteiger partial charge in [-0.3, -0.25) is 0 Å². The number of benzene rings is 1. The third kappa shape index (κ3) is 4.73. The lowest BCUT2D eigenvalue weighted by Gasteiger charge is -2.42. The van der Waals surface area contributed by atoms with Crippen molar-refractivity contribution in [1.82, 2.24) is 0 Å². The molecule has 108 valence electrons. The summed E-state index contributed by atoms with van der Waals surface area (Å²) in [4.78, 5) is 0. The van der Waals surface area contributed by atoms with Crippen LogP contribution in [0.25, 0.3) is 0 Å². The van der Waals surface area contributed by atoms with E-state index in [4.69, 9.17) is 0 Å². The molecular formula is C16H26OS2. The molecule has 1 N–H and O–H groups in total. The molecule has 0 amide bonds. The molecule has 1 rings (SSSR count). The largest absolute Gasteiger partial charge is 0.388 e. The van der Waals surface area contributed by atoms with E-state index in [2.05, 4.69) is 38.1 Å². The first-order valence-electron chi connectivity index (χ1n) is 6.99. The van der Waals surface area contributed by atoms with Gasteiger partial charge in [-0.05, 0) is 43.8 Å². The van der Waals surface area contributed by atoms with Gasteiger partial charge in [-0.2, -0.15) is 0 Å². The second-order valence-corrected chi connectivity index (χ2v) is 8.55. The molecule has 19 heavy (non-hydrogen) atoms. The van der Waals surface area contributed by atoms with Crippen LogP contribution in [-0.4, -0.2) is 26.3 Å². The Morgan fingerprint density at radius 2 is 1.53 bits per heavy atom. The summed E-state index contributed by atoms with van der Waals surface area (Å²) in [5.74, 6) is 2.07. The Bertz CT molecular complexity index is 351. The van der Waals surface area contributed by atoms with Crippen LogP contribution in [0, 0.1) is 0 Å². The highest BCUT2D eigenvalue weighted by atomic mass is 32.2. The molecule has 1 aromatic rings. The lowest BCUT2D eigenvalue weighted by molar-refractivity contribution is 0.0645. The fourth-order valence-electron chi connectivity index (χ4n) is 2.27. The van der Waals surface area contributed by atoms with E-state index in [1.807, 2.05) is 43.4 Å². The minimum Gasteiger partial charge on any atom is -0.388 e. The number of hydrogen-bond donors (Lipinski definition) is 1. The molecule has 1 nitrogen and oxygen atoms in total. The maximum Gasteiger partial charge on any atom is 0.0893 e. The van der Waals surface area contributed by atoms with Crippen LogP contribution in [0.1, 0.15) is 39.7 Å². The summed E-state index contributed by atoms with van der Waals surface area (Å²) in [6.07, 6.45) is 2.02. The molecule has 0 bridgehead atoms. The SMILES string of the molecule is CCSC(CCc1ccccc1)(SCC)C(C)(C)O. The lowest BCUT2D eigenvalue weighted by Crippen LogP contribution is -2.45. The lowest BCUT2D eigenvalue weighted by atomic mass is 9.97. The second-order valence-electron chi connectivity index (χ2n) is 5.16. The zero-order valence-corrected chi connectivity index (χ0v) is 14.1. The van der Waals surface area contributed by atoms with Gasteiger partial charge in [0, 0.05) is 0 Å². The van der Waals surface area contributed by atoms with Gasteiger partial charge in [-0.25, -0.2) is 0 Å². The fourth-order valence-corrected chi connectivity index (χ4v) is 5.44. The molecule has 0 saturated carbocycles. The predicted octanol–water partition coefficient (Wildman–Crippen LogP) is 4.59. The van der Waals surface area contributed by atoms with Crippen LogP contribution in [0.2, 0.25) is 0 Å². The Morgan fingerprint density at radius 3 is 1.95 bits per heavy atom. The average molecular weight is 299 g/mol. The zero-order chi connectivity index (χ0) is 14.4. The number of rotatable bonds is 8. The van der Waals surface area contributed by atoms with Crippen molar-refractivity contribution in [2.45, 2.75) is 50.2 Å². The van der Waals surface area contributed by atoms with Crippen molar-refractivity contribution in [1.29, 1.82) is 0 Å². The molecule has 0 fully saturated rings. The first-order valence-corrected chi connectivity index (χ1v) is 8.96. The quantitative estimate of drug-likeness (QED) is 0.709. The summed E-state index contributed by atoms with van der Waals surface area (Å²) in [7, 11) is 0. The Balaban J connectivity index is 2.84. The van der Waals surface area contributed by atoms with Gasteiger partial charge in [0.2, 0.25) is 0 Å². The van der Waals surface area contributed by atoms with Gasteiger partial charge in [-0.15, -0.1) is 23.5 Å². The van der Waals surface area contributed by atoms with Gasteiger partial charge in [0.05, 0.1) is 9.68 Å². The number of aliphatic hydroxyl groups is 1. The van der Waals surface area contributed by atoms with Crippen molar-refractivity contribution in [3.63, 3.8) is 0 Å². The van der Waals surface area contributed by atoms with Crippen molar-refractivity contribution in [2.24, 2.45) is 0 Å². The molecule has 0 aliphatic heterocycles. The molecule has 1 aromatic carbocycles. The van der Waals surface area contributed by atoms with E-state index in [9.17, 15) is 5.11 Å². The Morgan fingerprint density at radius 1 is 1.00 bits per heavy atom. The summed E-state index contributed by atoms with van der Waals surface area (Å²) in [5, 5.41) is 10.6. The number of aryl methyl sites for hydroxylation is 1. The van der Waals surface area contributed by atoms with Crippen LogP contribution in [0.3, 0.4) is 0 Å². The van der Waals surface area contributed by atoms with Crippen molar-refractivity contribution >= 4 is 23.5 Å². The Hall–Kier alpha value is -0.120. The Kier molecular flexibility index (Phi) is 6.78. The van der Waals surface area contributed by atoms with E-state index in [1.54, 1.807) is 0 Å². The topological polar surface area (TPSA) is 20.2 Å². The Labute approximate surface area is 126 Å². The molecule has 0 spiro atoms. The van der Waals surface area contributed by atoms with Crippen LogP contribution in [0.15, 0.2) is 30.3 Å². The number of hydrogen-bond acceptors (Lipinski definition) is 3. The minimum absolute atomic E-state index is 0.119. The standard InChI is InChI=1S/C16H26OS2/c1-5-18-16(19-6-2,15(3,4)17)13-12-14-10-8-7-9-11-14/h7-11,17H,5-6,12-13H2,1-4H3. The highest BCUT2D eigenvalue weighted by Gasteiger charge is 2.43. The summed E-state index contributed by atoms with van der Waals surface area (Å²) in [6, 6.07) is 10.6. The fraction of sp³-hybridized carbons (Fsp3) is 0.625. The van der Waals surface area contributed by atoms with Crippen LogP contribution >= 0.6 is 23.5 Å². The molecule has 0 aliphatic carbocycles. The number of thioether (sulfide) groups is 2. The van der Waals surface area contributed by atoms with Crippen LogP contribution in [0.5, 0.6) is 0 Å². The first kappa shape index (κ1) is 16.9. The van der Waals surface area contributed by atoms with E-state index in [1.165, 1.54) is 5.56 Å². The summed E-state index contributed by atoms with van der Waals surface area (Å²) >= 11 is 3.78. The molecule has 3 heteroatoms. The van der Waals surface area contributed by atoms with Gasteiger partial charge in [-0.1, -0.05) is 44.2 Å². The van der Waals surface area contributed by atoms with Gasteiger partial charge < -0.3 is 5.11 Å². The maximum absolute atomic E-state index is 10.6. The van der Waals surface area contributed by atoms with Gasteiger partial charge in [0.1, 0.15) is 0 Å². The molecule has 0 radical (unpaired) electrons. The van der Waals surface area contributed by atoms with Crippen LogP contribution in [0.4, 0.5) is 0 Å². The monoisotopic (exact) mass is 298 g/mol. The van der Waals surface area contributed by atoms with Gasteiger partial charge in [0.25, 0.3) is 0 Å². The highest BCUT2D eigenvalue weighted by Crippen LogP contribution is 2.48. The molecule has 0 atom stereocenters. The highest BCUT2D eigenvalue weighted by molar-refractivity contribution is 8.18. The van der Waals surface area contributed by atoms with Crippen LogP contribution < -0.4 is 0 Å². The summed E-state index contributed by atoms with van der Waals surface area (Å²) < 4.78 is -0.119. The average Bonchev–Trinajstić information content (AvgIpc) is 2.36. The maximum atomic E-state index is 10.6. The molecule has 0 unspecified atom stereocenters. The third-order valence-corrected chi connectivity index (χ3v) is 6.90. The van der Waals surface area contributed by atoms with E-state index in [0.717, 1.165) is 24.3 Å². The van der Waals surface area contributed by atoms with Crippen molar-refractivity contribution in [3.8, 4) is 0 Å². The van der Waals surface area contributed by atoms with Crippen LogP contribution in [-0.2, 0) is 6.42 Å². The molecule has 0 aliphatic rings. The minimum atomic E-state index is -0.677. The van der Waals surface area contributed by atoms with Gasteiger partial charge in [0.15, 0.2) is 0 Å². The van der Waals surface area contributed by atoms with E-state index >= 15 is 0 Å². The predicted molar refractivity (Wildman–Crippen MR) is 90.1 cm³/mol. The first-order chi connectivity index (χ1) is 8.95. The van der Waals surface area contributed by atoms with Crippen molar-refractivity contribution in [2.75, 3.05) is 11.5 Å².